The van der Waals surface area contributed by atoms with Crippen LogP contribution in [0.25, 0.3) is 10.2 Å². The Morgan fingerprint density at radius 2 is 2.21 bits per heavy atom. The van der Waals surface area contributed by atoms with Gasteiger partial charge in [0.15, 0.2) is 5.82 Å². The number of aryl methyl sites for hydroxylation is 1. The molecular formula is C14H19N3OS. The van der Waals surface area contributed by atoms with Gasteiger partial charge >= 0.3 is 0 Å². The Bertz CT molecular complexity index is 602. The summed E-state index contributed by atoms with van der Waals surface area (Å²) in [5, 5.41) is 4.28. The van der Waals surface area contributed by atoms with Gasteiger partial charge in [0.2, 0.25) is 0 Å². The van der Waals surface area contributed by atoms with Crippen LogP contribution >= 0.6 is 11.3 Å². The molecule has 0 amide bonds. The number of ether oxygens (including phenoxy) is 1. The highest BCUT2D eigenvalue weighted by Crippen LogP contribution is 2.36. The van der Waals surface area contributed by atoms with Crippen molar-refractivity contribution in [1.82, 2.24) is 9.97 Å². The summed E-state index contributed by atoms with van der Waals surface area (Å²) in [4.78, 5) is 11.7. The van der Waals surface area contributed by atoms with Crippen LogP contribution in [0, 0.1) is 6.92 Å². The van der Waals surface area contributed by atoms with Crippen molar-refractivity contribution in [3.05, 3.63) is 16.8 Å². The van der Waals surface area contributed by atoms with Gasteiger partial charge in [-0.25, -0.2) is 9.97 Å². The zero-order chi connectivity index (χ0) is 13.5. The number of hydrogen-bond donors (Lipinski definition) is 1. The Balaban J connectivity index is 2.13. The van der Waals surface area contributed by atoms with Crippen molar-refractivity contribution in [2.24, 2.45) is 0 Å². The van der Waals surface area contributed by atoms with Gasteiger partial charge in [-0.1, -0.05) is 0 Å². The van der Waals surface area contributed by atoms with Gasteiger partial charge in [-0.15, -0.1) is 11.3 Å². The zero-order valence-electron chi connectivity index (χ0n) is 11.6. The van der Waals surface area contributed by atoms with E-state index in [-0.39, 0.29) is 5.60 Å². The molecule has 0 saturated carbocycles. The molecule has 1 unspecified atom stereocenters. The molecule has 102 valence electrons. The first-order valence-electron chi connectivity index (χ1n) is 6.73. The first-order valence-corrected chi connectivity index (χ1v) is 7.54. The standard InChI is InChI=1S/C14H19N3OS/c1-9-8-10-11(15-3)16-13(17-12(10)19-9)14(2)6-4-5-7-18-14/h8H,4-7H2,1-3H3,(H,15,16,17). The van der Waals surface area contributed by atoms with Gasteiger partial charge in [0.1, 0.15) is 16.2 Å². The molecule has 19 heavy (non-hydrogen) atoms. The average molecular weight is 277 g/mol. The van der Waals surface area contributed by atoms with Crippen molar-refractivity contribution in [2.75, 3.05) is 19.0 Å². The maximum atomic E-state index is 5.96. The number of nitrogens with one attached hydrogen (secondary N) is 1. The Morgan fingerprint density at radius 3 is 2.89 bits per heavy atom. The first kappa shape index (κ1) is 12.8. The normalized spacial score (nSPS) is 23.7. The molecule has 5 heteroatoms. The van der Waals surface area contributed by atoms with E-state index in [0.717, 1.165) is 41.3 Å². The molecule has 0 aliphatic carbocycles. The first-order chi connectivity index (χ1) is 9.12. The molecule has 4 nitrogen and oxygen atoms in total. The van der Waals surface area contributed by atoms with E-state index in [0.29, 0.717) is 0 Å². The van der Waals surface area contributed by atoms with Crippen LogP contribution in [0.5, 0.6) is 0 Å². The molecule has 0 spiro atoms. The van der Waals surface area contributed by atoms with E-state index in [1.165, 1.54) is 11.3 Å². The van der Waals surface area contributed by atoms with Crippen molar-refractivity contribution in [2.45, 2.75) is 38.7 Å². The van der Waals surface area contributed by atoms with Crippen molar-refractivity contribution in [3.63, 3.8) is 0 Å². The van der Waals surface area contributed by atoms with Crippen molar-refractivity contribution < 1.29 is 4.74 Å². The van der Waals surface area contributed by atoms with Gasteiger partial charge < -0.3 is 10.1 Å². The summed E-state index contributed by atoms with van der Waals surface area (Å²) in [6, 6.07) is 2.14. The smallest absolute Gasteiger partial charge is 0.163 e. The fraction of sp³-hybridized carbons (Fsp3) is 0.571. The van der Waals surface area contributed by atoms with Crippen LogP contribution in [-0.2, 0) is 10.3 Å². The summed E-state index contributed by atoms with van der Waals surface area (Å²) in [6.45, 7) is 5.01. The van der Waals surface area contributed by atoms with E-state index in [1.807, 2.05) is 7.05 Å². The number of nitrogens with zero attached hydrogens (tertiary/aromatic N) is 2. The Morgan fingerprint density at radius 1 is 1.37 bits per heavy atom. The third kappa shape index (κ3) is 2.21. The summed E-state index contributed by atoms with van der Waals surface area (Å²) in [7, 11) is 1.91. The lowest BCUT2D eigenvalue weighted by Crippen LogP contribution is -2.32. The summed E-state index contributed by atoms with van der Waals surface area (Å²) in [5.74, 6) is 1.71. The fourth-order valence-electron chi connectivity index (χ4n) is 2.58. The van der Waals surface area contributed by atoms with Crippen molar-refractivity contribution in [1.29, 1.82) is 0 Å². The van der Waals surface area contributed by atoms with Crippen molar-refractivity contribution in [3.8, 4) is 0 Å². The molecule has 1 N–H and O–H groups in total. The summed E-state index contributed by atoms with van der Waals surface area (Å²) in [5.41, 5.74) is -0.337. The quantitative estimate of drug-likeness (QED) is 0.913. The van der Waals surface area contributed by atoms with Crippen LogP contribution in [0.1, 0.15) is 36.9 Å². The average Bonchev–Trinajstić information content (AvgIpc) is 2.78. The molecule has 1 atom stereocenters. The largest absolute Gasteiger partial charge is 0.372 e. The molecule has 0 bridgehead atoms. The number of hydrogen-bond acceptors (Lipinski definition) is 5. The summed E-state index contributed by atoms with van der Waals surface area (Å²) in [6.07, 6.45) is 3.30. The summed E-state index contributed by atoms with van der Waals surface area (Å²) < 4.78 is 5.96. The van der Waals surface area contributed by atoms with E-state index in [9.17, 15) is 0 Å². The zero-order valence-corrected chi connectivity index (χ0v) is 12.4. The SMILES string of the molecule is CNc1nc(C2(C)CCCCO2)nc2sc(C)cc12. The van der Waals surface area contributed by atoms with Crippen LogP contribution < -0.4 is 5.32 Å². The molecule has 1 saturated heterocycles. The second-order valence-corrected chi connectivity index (χ2v) is 6.49. The highest BCUT2D eigenvalue weighted by molar-refractivity contribution is 7.18. The van der Waals surface area contributed by atoms with Crippen LogP contribution in [0.4, 0.5) is 5.82 Å². The van der Waals surface area contributed by atoms with E-state index >= 15 is 0 Å². The van der Waals surface area contributed by atoms with Crippen LogP contribution in [0.3, 0.4) is 0 Å². The molecule has 3 heterocycles. The van der Waals surface area contributed by atoms with Gasteiger partial charge in [0.05, 0.1) is 5.39 Å². The number of aromatic nitrogens is 2. The predicted molar refractivity (Wildman–Crippen MR) is 78.9 cm³/mol. The third-order valence-electron chi connectivity index (χ3n) is 3.69. The maximum absolute atomic E-state index is 5.96. The van der Waals surface area contributed by atoms with E-state index in [2.05, 4.69) is 30.2 Å². The second-order valence-electron chi connectivity index (χ2n) is 5.26. The monoisotopic (exact) mass is 277 g/mol. The van der Waals surface area contributed by atoms with Gasteiger partial charge in [-0.05, 0) is 39.2 Å². The van der Waals surface area contributed by atoms with Crippen LogP contribution in [0.15, 0.2) is 6.07 Å². The lowest BCUT2D eigenvalue weighted by atomic mass is 9.95. The number of anilines is 1. The molecule has 1 aliphatic heterocycles. The Kier molecular flexibility index (Phi) is 3.19. The minimum Gasteiger partial charge on any atom is -0.372 e. The molecular weight excluding hydrogens is 258 g/mol. The van der Waals surface area contributed by atoms with Crippen LogP contribution in [-0.4, -0.2) is 23.6 Å². The lowest BCUT2D eigenvalue weighted by Gasteiger charge is -2.32. The number of rotatable bonds is 2. The lowest BCUT2D eigenvalue weighted by molar-refractivity contribution is -0.0757. The number of fused-ring (bicyclic) bond motifs is 1. The Hall–Kier alpha value is -1.20. The maximum Gasteiger partial charge on any atom is 0.163 e. The predicted octanol–water partition coefficient (Wildman–Crippen LogP) is 3.46. The van der Waals surface area contributed by atoms with Crippen molar-refractivity contribution >= 4 is 27.4 Å². The second kappa shape index (κ2) is 4.72. The van der Waals surface area contributed by atoms with E-state index in [1.54, 1.807) is 11.3 Å². The van der Waals surface area contributed by atoms with Gasteiger partial charge in [0.25, 0.3) is 0 Å². The van der Waals surface area contributed by atoms with Crippen LogP contribution in [0.2, 0.25) is 0 Å². The fourth-order valence-corrected chi connectivity index (χ4v) is 3.46. The number of thiophene rings is 1. The third-order valence-corrected chi connectivity index (χ3v) is 4.64. The highest BCUT2D eigenvalue weighted by atomic mass is 32.1. The minimum atomic E-state index is -0.337. The molecule has 2 aromatic rings. The topological polar surface area (TPSA) is 47.0 Å². The molecule has 0 radical (unpaired) electrons. The molecule has 0 aromatic carbocycles. The van der Waals surface area contributed by atoms with E-state index < -0.39 is 0 Å². The highest BCUT2D eigenvalue weighted by Gasteiger charge is 2.33. The molecule has 1 fully saturated rings. The minimum absolute atomic E-state index is 0.337. The summed E-state index contributed by atoms with van der Waals surface area (Å²) >= 11 is 1.71. The molecule has 1 aliphatic rings. The van der Waals surface area contributed by atoms with Gasteiger partial charge in [-0.2, -0.15) is 0 Å². The van der Waals surface area contributed by atoms with E-state index in [4.69, 9.17) is 9.72 Å². The molecule has 2 aromatic heterocycles. The molecule has 3 rings (SSSR count). The van der Waals surface area contributed by atoms with Gasteiger partial charge in [-0.3, -0.25) is 0 Å². The van der Waals surface area contributed by atoms with Gasteiger partial charge in [0, 0.05) is 18.5 Å². The Labute approximate surface area is 117 Å².